The lowest BCUT2D eigenvalue weighted by molar-refractivity contribution is -0.00791. The summed E-state index contributed by atoms with van der Waals surface area (Å²) in [6.45, 7) is 0. The van der Waals surface area contributed by atoms with Crippen LogP contribution in [-0.4, -0.2) is 59.0 Å². The summed E-state index contributed by atoms with van der Waals surface area (Å²) in [5.41, 5.74) is 0.772. The molecule has 30 heavy (non-hydrogen) atoms. The summed E-state index contributed by atoms with van der Waals surface area (Å²) < 4.78 is 24.8. The lowest BCUT2D eigenvalue weighted by atomic mass is 9.95. The molecule has 164 valence electrons. The second kappa shape index (κ2) is 11.0. The molecule has 0 fully saturated rings. The Kier molecular flexibility index (Phi) is 8.67. The van der Waals surface area contributed by atoms with Gasteiger partial charge in [-0.05, 0) is 37.0 Å². The SMILES string of the molecule is CS(=O)(=O)Nc1nc(C(=O)NC(Cc2ccncc2)C(O)C(O)CCCC#N)cs1.[HH]. The number of sulfonamides is 1. The van der Waals surface area contributed by atoms with Crippen molar-refractivity contribution in [3.8, 4) is 6.07 Å². The zero-order chi connectivity index (χ0) is 22.1. The van der Waals surface area contributed by atoms with Gasteiger partial charge >= 0.3 is 0 Å². The number of hydrogen-bond acceptors (Lipinski definition) is 9. The third kappa shape index (κ3) is 7.68. The van der Waals surface area contributed by atoms with Gasteiger partial charge in [-0.3, -0.25) is 14.5 Å². The van der Waals surface area contributed by atoms with Gasteiger partial charge in [0.05, 0.1) is 24.5 Å². The van der Waals surface area contributed by atoms with Gasteiger partial charge in [-0.15, -0.1) is 11.3 Å². The number of anilines is 1. The molecule has 1 amide bonds. The van der Waals surface area contributed by atoms with Crippen molar-refractivity contribution in [2.45, 2.75) is 43.9 Å². The molecule has 0 aliphatic heterocycles. The molecule has 2 aromatic heterocycles. The second-order valence-corrected chi connectivity index (χ2v) is 9.27. The molecular weight excluding hydrogens is 430 g/mol. The first-order valence-corrected chi connectivity index (χ1v) is 11.8. The van der Waals surface area contributed by atoms with Crippen molar-refractivity contribution >= 4 is 32.4 Å². The Hall–Kier alpha value is -2.59. The van der Waals surface area contributed by atoms with Crippen molar-refractivity contribution in [2.24, 2.45) is 0 Å². The Morgan fingerprint density at radius 3 is 2.70 bits per heavy atom. The van der Waals surface area contributed by atoms with E-state index < -0.39 is 34.2 Å². The molecule has 0 aliphatic carbocycles. The van der Waals surface area contributed by atoms with Crippen LogP contribution >= 0.6 is 11.3 Å². The number of pyridine rings is 1. The van der Waals surface area contributed by atoms with Gasteiger partial charge < -0.3 is 15.5 Å². The molecule has 2 aromatic rings. The number of hydrogen-bond donors (Lipinski definition) is 4. The molecule has 0 aliphatic rings. The Morgan fingerprint density at radius 2 is 2.07 bits per heavy atom. The number of thiazole rings is 1. The first kappa shape index (κ1) is 23.7. The van der Waals surface area contributed by atoms with Crippen molar-refractivity contribution in [3.63, 3.8) is 0 Å². The fourth-order valence-electron chi connectivity index (χ4n) is 2.68. The van der Waals surface area contributed by atoms with Crippen LogP contribution in [-0.2, 0) is 16.4 Å². The van der Waals surface area contributed by atoms with Gasteiger partial charge in [0.1, 0.15) is 11.8 Å². The highest BCUT2D eigenvalue weighted by atomic mass is 32.2. The molecule has 0 bridgehead atoms. The summed E-state index contributed by atoms with van der Waals surface area (Å²) in [5, 5.41) is 33.6. The molecule has 0 radical (unpaired) electrons. The molecular formula is C18H25N5O5S2. The Balaban J connectivity index is 0.00000480. The predicted octanol–water partition coefficient (Wildman–Crippen LogP) is 0.912. The maximum atomic E-state index is 12.6. The number of aliphatic hydroxyl groups excluding tert-OH is 2. The van der Waals surface area contributed by atoms with Crippen LogP contribution in [0, 0.1) is 11.3 Å². The molecule has 10 nitrogen and oxygen atoms in total. The van der Waals surface area contributed by atoms with Gasteiger partial charge in [-0.2, -0.15) is 5.26 Å². The topological polar surface area (TPSA) is 165 Å². The Bertz CT molecular complexity index is 981. The molecule has 12 heteroatoms. The molecule has 3 unspecified atom stereocenters. The lowest BCUT2D eigenvalue weighted by Gasteiger charge is -2.27. The quantitative estimate of drug-likeness (QED) is 0.363. The second-order valence-electron chi connectivity index (χ2n) is 6.66. The summed E-state index contributed by atoms with van der Waals surface area (Å²) in [7, 11) is -3.52. The van der Waals surface area contributed by atoms with E-state index in [1.807, 2.05) is 6.07 Å². The molecule has 2 rings (SSSR count). The summed E-state index contributed by atoms with van der Waals surface area (Å²) in [5.74, 6) is -0.616. The standard InChI is InChI=1S/C18H23N5O5S2.H2/c1-30(27,28)23-18-22-14(11-29-18)17(26)21-13(10-12-5-8-20-9-6-12)16(25)15(24)4-2-3-7-19;/h5-6,8-9,11,13,15-16,24-25H,2-4,10H2,1H3,(H,21,26)(H,22,23);1H. The third-order valence-corrected chi connectivity index (χ3v) is 5.58. The van der Waals surface area contributed by atoms with Crippen LogP contribution in [0.1, 0.15) is 36.7 Å². The number of nitriles is 1. The number of rotatable bonds is 11. The fraction of sp³-hybridized carbons (Fsp3) is 0.444. The van der Waals surface area contributed by atoms with Crippen LogP contribution in [0.2, 0.25) is 0 Å². The van der Waals surface area contributed by atoms with Crippen LogP contribution in [0.5, 0.6) is 0 Å². The maximum absolute atomic E-state index is 12.6. The van der Waals surface area contributed by atoms with Gasteiger partial charge in [-0.1, -0.05) is 0 Å². The van der Waals surface area contributed by atoms with E-state index in [4.69, 9.17) is 5.26 Å². The highest BCUT2D eigenvalue weighted by Gasteiger charge is 2.29. The van der Waals surface area contributed by atoms with Gasteiger partial charge in [0, 0.05) is 25.6 Å². The zero-order valence-electron chi connectivity index (χ0n) is 16.2. The smallest absolute Gasteiger partial charge is 0.271 e. The molecule has 4 N–H and O–H groups in total. The number of nitrogens with one attached hydrogen (secondary N) is 2. The van der Waals surface area contributed by atoms with Crippen molar-refractivity contribution in [2.75, 3.05) is 11.0 Å². The minimum Gasteiger partial charge on any atom is -0.390 e. The number of aromatic nitrogens is 2. The van der Waals surface area contributed by atoms with Crippen molar-refractivity contribution in [1.82, 2.24) is 15.3 Å². The van der Waals surface area contributed by atoms with E-state index >= 15 is 0 Å². The van der Waals surface area contributed by atoms with E-state index in [2.05, 4.69) is 20.0 Å². The average Bonchev–Trinajstić information content (AvgIpc) is 3.14. The van der Waals surface area contributed by atoms with E-state index in [9.17, 15) is 23.4 Å². The van der Waals surface area contributed by atoms with Gasteiger partial charge in [0.15, 0.2) is 5.13 Å². The van der Waals surface area contributed by atoms with Crippen LogP contribution < -0.4 is 10.0 Å². The fourth-order valence-corrected chi connectivity index (χ4v) is 4.23. The normalized spacial score (nSPS) is 14.3. The van der Waals surface area contributed by atoms with E-state index in [0.29, 0.717) is 6.42 Å². The predicted molar refractivity (Wildman–Crippen MR) is 113 cm³/mol. The largest absolute Gasteiger partial charge is 0.390 e. The number of aliphatic hydroxyl groups is 2. The molecule has 0 saturated heterocycles. The average molecular weight is 456 g/mol. The number of carbonyl (C=O) groups excluding carboxylic acids is 1. The van der Waals surface area contributed by atoms with Crippen molar-refractivity contribution in [1.29, 1.82) is 5.26 Å². The van der Waals surface area contributed by atoms with Crippen molar-refractivity contribution < 1.29 is 24.9 Å². The van der Waals surface area contributed by atoms with Crippen LogP contribution in [0.15, 0.2) is 29.9 Å². The number of carbonyl (C=O) groups is 1. The summed E-state index contributed by atoms with van der Waals surface area (Å²) >= 11 is 0.951. The molecule has 2 heterocycles. The summed E-state index contributed by atoms with van der Waals surface area (Å²) in [6.07, 6.45) is 2.80. The Morgan fingerprint density at radius 1 is 1.37 bits per heavy atom. The van der Waals surface area contributed by atoms with E-state index in [1.165, 1.54) is 5.38 Å². The van der Waals surface area contributed by atoms with Crippen LogP contribution in [0.4, 0.5) is 5.13 Å². The lowest BCUT2D eigenvalue weighted by Crippen LogP contribution is -2.49. The maximum Gasteiger partial charge on any atom is 0.271 e. The molecule has 0 saturated carbocycles. The minimum absolute atomic E-state index is 0. The first-order chi connectivity index (χ1) is 14.2. The molecule has 3 atom stereocenters. The summed E-state index contributed by atoms with van der Waals surface area (Å²) in [4.78, 5) is 20.5. The van der Waals surface area contributed by atoms with Crippen LogP contribution in [0.3, 0.4) is 0 Å². The van der Waals surface area contributed by atoms with E-state index in [0.717, 1.165) is 23.2 Å². The number of nitrogens with zero attached hydrogens (tertiary/aromatic N) is 3. The van der Waals surface area contributed by atoms with Gasteiger partial charge in [0.2, 0.25) is 10.0 Å². The van der Waals surface area contributed by atoms with Gasteiger partial charge in [-0.25, -0.2) is 13.4 Å². The molecule has 0 spiro atoms. The van der Waals surface area contributed by atoms with E-state index in [1.54, 1.807) is 24.5 Å². The Labute approximate surface area is 180 Å². The highest BCUT2D eigenvalue weighted by Crippen LogP contribution is 2.18. The zero-order valence-corrected chi connectivity index (χ0v) is 17.9. The third-order valence-electron chi connectivity index (χ3n) is 4.13. The first-order valence-electron chi connectivity index (χ1n) is 9.05. The monoisotopic (exact) mass is 455 g/mol. The van der Waals surface area contributed by atoms with E-state index in [-0.39, 0.29) is 31.5 Å². The highest BCUT2D eigenvalue weighted by molar-refractivity contribution is 7.92. The minimum atomic E-state index is -3.52. The van der Waals surface area contributed by atoms with Crippen LogP contribution in [0.25, 0.3) is 0 Å². The van der Waals surface area contributed by atoms with Gasteiger partial charge in [0.25, 0.3) is 5.91 Å². The molecule has 0 aromatic carbocycles. The summed E-state index contributed by atoms with van der Waals surface area (Å²) in [6, 6.07) is 4.59. The number of amides is 1. The number of unbranched alkanes of at least 4 members (excludes halogenated alkanes) is 1. The van der Waals surface area contributed by atoms with Crippen molar-refractivity contribution in [3.05, 3.63) is 41.2 Å².